The normalized spacial score (nSPS) is 10.3. The van der Waals surface area contributed by atoms with Gasteiger partial charge in [0, 0.05) is 11.1 Å². The lowest BCUT2D eigenvalue weighted by atomic mass is 9.89. The van der Waals surface area contributed by atoms with Crippen LogP contribution in [0.1, 0.15) is 22.5 Å². The summed E-state index contributed by atoms with van der Waals surface area (Å²) in [5.41, 5.74) is 5.41. The van der Waals surface area contributed by atoms with Crippen LogP contribution >= 0.6 is 0 Å². The quantitative estimate of drug-likeness (QED) is 0.499. The van der Waals surface area contributed by atoms with Gasteiger partial charge in [0.1, 0.15) is 12.7 Å². The second kappa shape index (κ2) is 7.53. The molecule has 4 rings (SSSR count). The van der Waals surface area contributed by atoms with Crippen molar-refractivity contribution in [2.45, 2.75) is 0 Å². The van der Waals surface area contributed by atoms with E-state index in [4.69, 9.17) is 0 Å². The van der Waals surface area contributed by atoms with Crippen LogP contribution in [0.4, 0.5) is 0 Å². The van der Waals surface area contributed by atoms with Crippen molar-refractivity contribution < 1.29 is 0 Å². The van der Waals surface area contributed by atoms with Crippen molar-refractivity contribution in [3.05, 3.63) is 126 Å². The van der Waals surface area contributed by atoms with E-state index in [-0.39, 0.29) is 0 Å². The summed E-state index contributed by atoms with van der Waals surface area (Å²) in [6, 6.07) is 31.0. The van der Waals surface area contributed by atoms with Crippen molar-refractivity contribution in [2.24, 2.45) is 0 Å². The first-order valence-electron chi connectivity index (χ1n) is 8.46. The maximum absolute atomic E-state index is 4.45. The molecule has 0 spiro atoms. The first-order chi connectivity index (χ1) is 12.9. The standard InChI is InChI=1S/C23H17N3/c1-4-10-18(11-5-1)21(19-12-6-2-7-13-19)22(20-14-8-3-9-15-20)23-25-16-24-17-26-23/h1-17H. The molecule has 0 unspecified atom stereocenters. The number of aromatic nitrogens is 3. The highest BCUT2D eigenvalue weighted by Crippen LogP contribution is 2.34. The Morgan fingerprint density at radius 3 is 1.27 bits per heavy atom. The van der Waals surface area contributed by atoms with Crippen molar-refractivity contribution in [1.82, 2.24) is 15.0 Å². The van der Waals surface area contributed by atoms with Gasteiger partial charge in [-0.15, -0.1) is 0 Å². The van der Waals surface area contributed by atoms with Crippen LogP contribution in [0.15, 0.2) is 104 Å². The first-order valence-corrected chi connectivity index (χ1v) is 8.46. The molecule has 1 aromatic heterocycles. The molecular weight excluding hydrogens is 318 g/mol. The van der Waals surface area contributed by atoms with Crippen molar-refractivity contribution in [2.75, 3.05) is 0 Å². The van der Waals surface area contributed by atoms with Crippen LogP contribution in [-0.4, -0.2) is 15.0 Å². The summed E-state index contributed by atoms with van der Waals surface area (Å²) >= 11 is 0. The largest absolute Gasteiger partial charge is 0.225 e. The predicted molar refractivity (Wildman–Crippen MR) is 104 cm³/mol. The Morgan fingerprint density at radius 2 is 0.846 bits per heavy atom. The number of hydrogen-bond acceptors (Lipinski definition) is 3. The summed E-state index contributed by atoms with van der Waals surface area (Å²) in [4.78, 5) is 12.9. The van der Waals surface area contributed by atoms with Gasteiger partial charge in [-0.05, 0) is 16.7 Å². The lowest BCUT2D eigenvalue weighted by Crippen LogP contribution is -2.01. The van der Waals surface area contributed by atoms with Gasteiger partial charge in [-0.1, -0.05) is 91.0 Å². The maximum Gasteiger partial charge on any atom is 0.163 e. The van der Waals surface area contributed by atoms with Crippen LogP contribution in [-0.2, 0) is 0 Å². The minimum absolute atomic E-state index is 0.661. The van der Waals surface area contributed by atoms with E-state index in [1.54, 1.807) is 12.7 Å². The summed E-state index contributed by atoms with van der Waals surface area (Å²) < 4.78 is 0. The zero-order valence-electron chi connectivity index (χ0n) is 14.2. The fourth-order valence-corrected chi connectivity index (χ4v) is 3.02. The maximum atomic E-state index is 4.45. The smallest absolute Gasteiger partial charge is 0.163 e. The van der Waals surface area contributed by atoms with Crippen molar-refractivity contribution in [3.63, 3.8) is 0 Å². The topological polar surface area (TPSA) is 38.7 Å². The lowest BCUT2D eigenvalue weighted by molar-refractivity contribution is 1.02. The highest BCUT2D eigenvalue weighted by Gasteiger charge is 2.17. The van der Waals surface area contributed by atoms with Crippen LogP contribution in [0.25, 0.3) is 11.1 Å². The minimum Gasteiger partial charge on any atom is -0.225 e. The van der Waals surface area contributed by atoms with Gasteiger partial charge in [0.05, 0.1) is 0 Å². The van der Waals surface area contributed by atoms with Gasteiger partial charge >= 0.3 is 0 Å². The van der Waals surface area contributed by atoms with Crippen LogP contribution < -0.4 is 0 Å². The van der Waals surface area contributed by atoms with E-state index in [1.807, 2.05) is 54.6 Å². The summed E-state index contributed by atoms with van der Waals surface area (Å²) in [6.07, 6.45) is 3.08. The van der Waals surface area contributed by atoms with Crippen molar-refractivity contribution in [3.8, 4) is 0 Å². The lowest BCUT2D eigenvalue weighted by Gasteiger charge is -2.16. The Bertz CT molecular complexity index is 828. The molecule has 0 aliphatic carbocycles. The Balaban J connectivity index is 2.09. The van der Waals surface area contributed by atoms with Gasteiger partial charge in [0.2, 0.25) is 0 Å². The SMILES string of the molecule is c1ccc(C(=C(c2ccccc2)c2ncncn2)c2ccccc2)cc1. The third-order valence-corrected chi connectivity index (χ3v) is 4.15. The molecule has 1 heterocycles. The molecule has 3 nitrogen and oxygen atoms in total. The summed E-state index contributed by atoms with van der Waals surface area (Å²) in [7, 11) is 0. The number of rotatable bonds is 4. The molecule has 4 aromatic rings. The second-order valence-electron chi connectivity index (χ2n) is 5.81. The molecule has 0 bridgehead atoms. The molecular formula is C23H17N3. The molecule has 3 heteroatoms. The van der Waals surface area contributed by atoms with E-state index in [2.05, 4.69) is 51.4 Å². The zero-order chi connectivity index (χ0) is 17.6. The molecule has 0 N–H and O–H groups in total. The fraction of sp³-hybridized carbons (Fsp3) is 0. The highest BCUT2D eigenvalue weighted by atomic mass is 15.0. The van der Waals surface area contributed by atoms with Crippen molar-refractivity contribution >= 4 is 11.1 Å². The molecule has 0 amide bonds. The Hall–Kier alpha value is -3.59. The Morgan fingerprint density at radius 1 is 0.462 bits per heavy atom. The number of benzene rings is 3. The summed E-state index contributed by atoms with van der Waals surface area (Å²) in [5, 5.41) is 0. The van der Waals surface area contributed by atoms with E-state index in [1.165, 1.54) is 0 Å². The molecule has 0 aliphatic rings. The average Bonchev–Trinajstić information content (AvgIpc) is 2.74. The van der Waals surface area contributed by atoms with Gasteiger partial charge in [0.15, 0.2) is 5.82 Å². The molecule has 26 heavy (non-hydrogen) atoms. The molecule has 0 radical (unpaired) electrons. The molecule has 3 aromatic carbocycles. The van der Waals surface area contributed by atoms with E-state index < -0.39 is 0 Å². The molecule has 0 aliphatic heterocycles. The van der Waals surface area contributed by atoms with Crippen molar-refractivity contribution in [1.29, 1.82) is 0 Å². The van der Waals surface area contributed by atoms with E-state index in [0.717, 1.165) is 27.8 Å². The minimum atomic E-state index is 0.661. The Kier molecular flexibility index (Phi) is 4.61. The van der Waals surface area contributed by atoms with Crippen LogP contribution in [0.5, 0.6) is 0 Å². The van der Waals surface area contributed by atoms with Crippen LogP contribution in [0.3, 0.4) is 0 Å². The highest BCUT2D eigenvalue weighted by molar-refractivity contribution is 6.03. The van der Waals surface area contributed by atoms with Gasteiger partial charge in [-0.25, -0.2) is 15.0 Å². The molecule has 0 saturated carbocycles. The fourth-order valence-electron chi connectivity index (χ4n) is 3.02. The van der Waals surface area contributed by atoms with Crippen LogP contribution in [0, 0.1) is 0 Å². The van der Waals surface area contributed by atoms with Gasteiger partial charge in [-0.3, -0.25) is 0 Å². The van der Waals surface area contributed by atoms with Crippen LogP contribution in [0.2, 0.25) is 0 Å². The average molecular weight is 335 g/mol. The predicted octanol–water partition coefficient (Wildman–Crippen LogP) is 4.88. The summed E-state index contributed by atoms with van der Waals surface area (Å²) in [5.74, 6) is 0.661. The zero-order valence-corrected chi connectivity index (χ0v) is 14.2. The van der Waals surface area contributed by atoms with Gasteiger partial charge in [0.25, 0.3) is 0 Å². The van der Waals surface area contributed by atoms with E-state index in [9.17, 15) is 0 Å². The molecule has 0 saturated heterocycles. The third kappa shape index (κ3) is 3.28. The summed E-state index contributed by atoms with van der Waals surface area (Å²) in [6.45, 7) is 0. The third-order valence-electron chi connectivity index (χ3n) is 4.15. The molecule has 0 atom stereocenters. The monoisotopic (exact) mass is 335 g/mol. The van der Waals surface area contributed by atoms with Gasteiger partial charge in [-0.2, -0.15) is 0 Å². The molecule has 124 valence electrons. The Labute approximate surface area is 152 Å². The van der Waals surface area contributed by atoms with E-state index >= 15 is 0 Å². The second-order valence-corrected chi connectivity index (χ2v) is 5.81. The van der Waals surface area contributed by atoms with Gasteiger partial charge < -0.3 is 0 Å². The number of hydrogen-bond donors (Lipinski definition) is 0. The van der Waals surface area contributed by atoms with E-state index in [0.29, 0.717) is 5.82 Å². The first kappa shape index (κ1) is 15.9. The molecule has 0 fully saturated rings. The number of nitrogens with zero attached hydrogens (tertiary/aromatic N) is 3.